The van der Waals surface area contributed by atoms with Crippen molar-refractivity contribution in [2.45, 2.75) is 13.0 Å². The second-order valence-electron chi connectivity index (χ2n) is 8.53. The van der Waals surface area contributed by atoms with Crippen molar-refractivity contribution in [3.05, 3.63) is 134 Å². The fraction of sp³-hybridized carbons (Fsp3) is 0.0690. The molecule has 184 valence electrons. The quantitative estimate of drug-likeness (QED) is 0.249. The van der Waals surface area contributed by atoms with Crippen molar-refractivity contribution in [2.24, 2.45) is 0 Å². The molecule has 6 nitrogen and oxygen atoms in total. The minimum Gasteiger partial charge on any atom is -0.308 e. The predicted molar refractivity (Wildman–Crippen MR) is 150 cm³/mol. The van der Waals surface area contributed by atoms with Gasteiger partial charge in [0.05, 0.1) is 17.4 Å². The van der Waals surface area contributed by atoms with Gasteiger partial charge in [-0.1, -0.05) is 65.7 Å². The summed E-state index contributed by atoms with van der Waals surface area (Å²) in [6, 6.07) is 28.8. The summed E-state index contributed by atoms with van der Waals surface area (Å²) in [5, 5.41) is 7.11. The largest absolute Gasteiger partial charge is 0.323 e. The van der Waals surface area contributed by atoms with Crippen LogP contribution in [0.4, 0.5) is 16.2 Å². The van der Waals surface area contributed by atoms with E-state index < -0.39 is 6.03 Å². The summed E-state index contributed by atoms with van der Waals surface area (Å²) in [6.07, 6.45) is 0.496. The Hall–Kier alpha value is -4.13. The van der Waals surface area contributed by atoms with Crippen LogP contribution in [0.3, 0.4) is 0 Å². The van der Waals surface area contributed by atoms with Gasteiger partial charge in [0.2, 0.25) is 0 Å². The fourth-order valence-electron chi connectivity index (χ4n) is 4.07. The Kier molecular flexibility index (Phi) is 7.21. The Morgan fingerprint density at radius 1 is 0.757 bits per heavy atom. The molecule has 0 atom stereocenters. The molecule has 0 aliphatic heterocycles. The molecule has 2 N–H and O–H groups in total. The van der Waals surface area contributed by atoms with Gasteiger partial charge in [-0.25, -0.2) is 9.78 Å². The number of hydrogen-bond acceptors (Lipinski definition) is 3. The first-order valence-electron chi connectivity index (χ1n) is 11.6. The molecule has 5 rings (SSSR count). The number of carbonyl (C=O) groups is 1. The summed E-state index contributed by atoms with van der Waals surface area (Å²) in [5.74, 6) is 0.643. The zero-order valence-electron chi connectivity index (χ0n) is 19.6. The number of fused-ring (bicyclic) bond motifs is 1. The number of carbonyl (C=O) groups excluding carboxylic acids is 1. The second-order valence-corrected chi connectivity index (χ2v) is 9.40. The van der Waals surface area contributed by atoms with Crippen LogP contribution < -0.4 is 16.2 Å². The van der Waals surface area contributed by atoms with E-state index in [1.165, 1.54) is 0 Å². The highest BCUT2D eigenvalue weighted by atomic mass is 35.5. The number of anilines is 2. The van der Waals surface area contributed by atoms with Crippen molar-refractivity contribution >= 4 is 51.5 Å². The maximum atomic E-state index is 13.7. The summed E-state index contributed by atoms with van der Waals surface area (Å²) in [5.41, 5.74) is 3.37. The smallest absolute Gasteiger partial charge is 0.308 e. The van der Waals surface area contributed by atoms with Crippen molar-refractivity contribution in [1.82, 2.24) is 9.55 Å². The summed E-state index contributed by atoms with van der Waals surface area (Å²) in [7, 11) is 0. The highest BCUT2D eigenvalue weighted by Crippen LogP contribution is 2.20. The number of hydrogen-bond donors (Lipinski definition) is 2. The summed E-state index contributed by atoms with van der Waals surface area (Å²) < 4.78 is 1.67. The molecular weight excluding hydrogens is 507 g/mol. The molecule has 0 aliphatic rings. The lowest BCUT2D eigenvalue weighted by atomic mass is 10.1. The standard InChI is InChI=1S/C29H22Cl2N4O2/c30-21-9-11-23(12-10-21)32-29(37)33-24-13-14-26-25(17-24)28(36)35(18-20-7-4-8-22(31)15-20)27(34-26)16-19-5-2-1-3-6-19/h1-15,17H,16,18H2,(H2,32,33,37). The Bertz CT molecular complexity index is 1630. The highest BCUT2D eigenvalue weighted by Gasteiger charge is 2.14. The van der Waals surface area contributed by atoms with Crippen molar-refractivity contribution in [2.75, 3.05) is 10.6 Å². The van der Waals surface area contributed by atoms with Crippen molar-refractivity contribution in [3.8, 4) is 0 Å². The van der Waals surface area contributed by atoms with E-state index in [2.05, 4.69) is 10.6 Å². The molecule has 1 heterocycles. The molecule has 8 heteroatoms. The third-order valence-electron chi connectivity index (χ3n) is 5.83. The van der Waals surface area contributed by atoms with E-state index in [1.54, 1.807) is 53.1 Å². The number of halogens is 2. The molecule has 1 aromatic heterocycles. The van der Waals surface area contributed by atoms with Gasteiger partial charge in [0.15, 0.2) is 0 Å². The van der Waals surface area contributed by atoms with E-state index in [9.17, 15) is 9.59 Å². The minimum absolute atomic E-state index is 0.197. The molecular formula is C29H22Cl2N4O2. The van der Waals surface area contributed by atoms with Gasteiger partial charge in [-0.3, -0.25) is 9.36 Å². The van der Waals surface area contributed by atoms with Crippen molar-refractivity contribution in [3.63, 3.8) is 0 Å². The van der Waals surface area contributed by atoms with Gasteiger partial charge in [-0.2, -0.15) is 0 Å². The van der Waals surface area contributed by atoms with Gasteiger partial charge < -0.3 is 10.6 Å². The zero-order valence-corrected chi connectivity index (χ0v) is 21.1. The lowest BCUT2D eigenvalue weighted by Gasteiger charge is -2.15. The molecule has 0 fully saturated rings. The summed E-state index contributed by atoms with van der Waals surface area (Å²) >= 11 is 12.1. The van der Waals surface area contributed by atoms with E-state index in [0.717, 1.165) is 11.1 Å². The topological polar surface area (TPSA) is 76.0 Å². The van der Waals surface area contributed by atoms with Crippen LogP contribution in [0.1, 0.15) is 17.0 Å². The fourth-order valence-corrected chi connectivity index (χ4v) is 4.40. The normalized spacial score (nSPS) is 10.9. The van der Waals surface area contributed by atoms with Crippen molar-refractivity contribution in [1.29, 1.82) is 0 Å². The van der Waals surface area contributed by atoms with Gasteiger partial charge in [-0.05, 0) is 65.7 Å². The molecule has 0 saturated carbocycles. The molecule has 0 bridgehead atoms. The second kappa shape index (κ2) is 10.9. The molecule has 0 aliphatic carbocycles. The lowest BCUT2D eigenvalue weighted by molar-refractivity contribution is 0.262. The highest BCUT2D eigenvalue weighted by molar-refractivity contribution is 6.30. The molecule has 0 unspecified atom stereocenters. The third-order valence-corrected chi connectivity index (χ3v) is 6.32. The number of rotatable bonds is 6. The third kappa shape index (κ3) is 6.00. The van der Waals surface area contributed by atoms with Crippen LogP contribution in [0.2, 0.25) is 10.0 Å². The van der Waals surface area contributed by atoms with Gasteiger partial charge >= 0.3 is 6.03 Å². The zero-order chi connectivity index (χ0) is 25.8. The first-order chi connectivity index (χ1) is 17.9. The number of nitrogens with zero attached hydrogens (tertiary/aromatic N) is 2. The minimum atomic E-state index is -0.436. The summed E-state index contributed by atoms with van der Waals surface area (Å²) in [4.78, 5) is 31.1. The summed E-state index contributed by atoms with van der Waals surface area (Å²) in [6.45, 7) is 0.319. The number of aromatic nitrogens is 2. The van der Waals surface area contributed by atoms with Gasteiger partial charge in [0.1, 0.15) is 5.82 Å². The Morgan fingerprint density at radius 2 is 1.46 bits per heavy atom. The SMILES string of the molecule is O=C(Nc1ccc(Cl)cc1)Nc1ccc2nc(Cc3ccccc3)n(Cc3cccc(Cl)c3)c(=O)c2c1. The van der Waals surface area contributed by atoms with E-state index >= 15 is 0 Å². The Balaban J connectivity index is 1.49. The molecule has 0 spiro atoms. The molecule has 0 saturated heterocycles. The number of nitrogens with one attached hydrogen (secondary N) is 2. The van der Waals surface area contributed by atoms with Crippen LogP contribution in [0, 0.1) is 0 Å². The Morgan fingerprint density at radius 3 is 2.22 bits per heavy atom. The van der Waals surface area contributed by atoms with Crippen molar-refractivity contribution < 1.29 is 4.79 Å². The first kappa shape index (κ1) is 24.6. The lowest BCUT2D eigenvalue weighted by Crippen LogP contribution is -2.26. The van der Waals surface area contributed by atoms with E-state index in [0.29, 0.717) is 51.1 Å². The average Bonchev–Trinajstić information content (AvgIpc) is 2.89. The van der Waals surface area contributed by atoms with E-state index in [1.807, 2.05) is 48.5 Å². The first-order valence-corrected chi connectivity index (χ1v) is 12.4. The number of benzene rings is 4. The van der Waals surface area contributed by atoms with Crippen LogP contribution in [-0.4, -0.2) is 15.6 Å². The molecule has 2 amide bonds. The monoisotopic (exact) mass is 528 g/mol. The van der Waals surface area contributed by atoms with E-state index in [4.69, 9.17) is 28.2 Å². The van der Waals surface area contributed by atoms with Gasteiger partial charge in [-0.15, -0.1) is 0 Å². The van der Waals surface area contributed by atoms with E-state index in [-0.39, 0.29) is 5.56 Å². The predicted octanol–water partition coefficient (Wildman–Crippen LogP) is 6.99. The van der Waals surface area contributed by atoms with Crippen LogP contribution >= 0.6 is 23.2 Å². The number of amides is 2. The Labute approximate surface area is 223 Å². The number of urea groups is 1. The molecule has 5 aromatic rings. The van der Waals surface area contributed by atoms with Gasteiger partial charge in [0.25, 0.3) is 5.56 Å². The van der Waals surface area contributed by atoms with Gasteiger partial charge in [0, 0.05) is 27.8 Å². The molecule has 0 radical (unpaired) electrons. The van der Waals surface area contributed by atoms with Crippen LogP contribution in [0.25, 0.3) is 10.9 Å². The average molecular weight is 529 g/mol. The van der Waals surface area contributed by atoms with Crippen LogP contribution in [-0.2, 0) is 13.0 Å². The molecule has 37 heavy (non-hydrogen) atoms. The van der Waals surface area contributed by atoms with Crippen LogP contribution in [0.5, 0.6) is 0 Å². The molecule has 4 aromatic carbocycles. The van der Waals surface area contributed by atoms with Crippen LogP contribution in [0.15, 0.2) is 102 Å². The maximum absolute atomic E-state index is 13.7. The maximum Gasteiger partial charge on any atom is 0.323 e.